The molecule has 0 aromatic carbocycles. The van der Waals surface area contributed by atoms with Gasteiger partial charge in [-0.2, -0.15) is 0 Å². The van der Waals surface area contributed by atoms with E-state index in [2.05, 4.69) is 9.88 Å². The lowest BCUT2D eigenvalue weighted by molar-refractivity contribution is 0.119. The third-order valence-corrected chi connectivity index (χ3v) is 4.69. The Morgan fingerprint density at radius 2 is 2.22 bits per heavy atom. The summed E-state index contributed by atoms with van der Waals surface area (Å²) in [7, 11) is 1.59. The van der Waals surface area contributed by atoms with Crippen LogP contribution in [0, 0.1) is 5.82 Å². The van der Waals surface area contributed by atoms with E-state index >= 15 is 0 Å². The molecule has 3 heterocycles. The number of rotatable bonds is 6. The summed E-state index contributed by atoms with van der Waals surface area (Å²) in [5.74, 6) is 0.449. The number of methoxy groups -OCH3 is 1. The third-order valence-electron chi connectivity index (χ3n) is 4.69. The number of fused-ring (bicyclic) bond motifs is 1. The van der Waals surface area contributed by atoms with Crippen molar-refractivity contribution in [1.82, 2.24) is 9.88 Å². The van der Waals surface area contributed by atoms with Crippen LogP contribution < -0.4 is 9.64 Å². The van der Waals surface area contributed by atoms with Crippen LogP contribution in [0.3, 0.4) is 0 Å². The number of aliphatic hydroxyl groups excluding tert-OH is 1. The van der Waals surface area contributed by atoms with Crippen LogP contribution in [0.4, 0.5) is 10.2 Å². The van der Waals surface area contributed by atoms with Crippen LogP contribution in [-0.2, 0) is 4.74 Å². The van der Waals surface area contributed by atoms with Crippen molar-refractivity contribution in [3.05, 3.63) is 18.1 Å². The van der Waals surface area contributed by atoms with Gasteiger partial charge in [0.1, 0.15) is 12.4 Å². The van der Waals surface area contributed by atoms with E-state index in [9.17, 15) is 9.50 Å². The van der Waals surface area contributed by atoms with Crippen molar-refractivity contribution in [2.24, 2.45) is 0 Å². The Balaban J connectivity index is 1.63. The van der Waals surface area contributed by atoms with Gasteiger partial charge in [-0.15, -0.1) is 0 Å². The molecule has 7 heteroatoms. The van der Waals surface area contributed by atoms with Gasteiger partial charge in [-0.1, -0.05) is 0 Å². The first kappa shape index (κ1) is 16.4. The molecular formula is C16H24FN3O3. The first-order valence-corrected chi connectivity index (χ1v) is 8.11. The van der Waals surface area contributed by atoms with Gasteiger partial charge < -0.3 is 19.5 Å². The quantitative estimate of drug-likeness (QED) is 0.784. The summed E-state index contributed by atoms with van der Waals surface area (Å²) in [5, 5.41) is 9.40. The number of aliphatic hydroxyl groups is 1. The van der Waals surface area contributed by atoms with Crippen molar-refractivity contribution in [1.29, 1.82) is 0 Å². The van der Waals surface area contributed by atoms with Gasteiger partial charge in [-0.25, -0.2) is 9.37 Å². The minimum Gasteiger partial charge on any atom is -0.489 e. The first-order valence-electron chi connectivity index (χ1n) is 8.11. The lowest BCUT2D eigenvalue weighted by Gasteiger charge is -2.40. The van der Waals surface area contributed by atoms with Crippen LogP contribution in [0.25, 0.3) is 0 Å². The lowest BCUT2D eigenvalue weighted by Crippen LogP contribution is -2.53. The molecule has 0 radical (unpaired) electrons. The molecule has 2 saturated heterocycles. The molecule has 2 aliphatic rings. The normalized spacial score (nSPS) is 24.7. The van der Waals surface area contributed by atoms with Gasteiger partial charge >= 0.3 is 0 Å². The summed E-state index contributed by atoms with van der Waals surface area (Å²) in [6.07, 6.45) is 3.62. The fourth-order valence-electron chi connectivity index (χ4n) is 3.51. The van der Waals surface area contributed by atoms with Crippen LogP contribution in [0.5, 0.6) is 5.75 Å². The number of ether oxygens (including phenoxy) is 2. The molecular weight excluding hydrogens is 301 g/mol. The second kappa shape index (κ2) is 7.42. The maximum Gasteiger partial charge on any atom is 0.169 e. The van der Waals surface area contributed by atoms with Crippen molar-refractivity contribution < 1.29 is 19.0 Å². The van der Waals surface area contributed by atoms with Crippen LogP contribution in [0.1, 0.15) is 12.8 Å². The number of hydrogen-bond donors (Lipinski definition) is 1. The molecule has 2 atom stereocenters. The molecule has 0 amide bonds. The first-order chi connectivity index (χ1) is 11.2. The van der Waals surface area contributed by atoms with Gasteiger partial charge in [-0.05, 0) is 12.8 Å². The van der Waals surface area contributed by atoms with Gasteiger partial charge in [-0.3, -0.25) is 4.90 Å². The van der Waals surface area contributed by atoms with Crippen molar-refractivity contribution in [2.45, 2.75) is 24.9 Å². The van der Waals surface area contributed by atoms with E-state index in [-0.39, 0.29) is 18.5 Å². The van der Waals surface area contributed by atoms with Gasteiger partial charge in [0.05, 0.1) is 19.4 Å². The van der Waals surface area contributed by atoms with Crippen molar-refractivity contribution in [3.63, 3.8) is 0 Å². The summed E-state index contributed by atoms with van der Waals surface area (Å²) in [6.45, 7) is 3.35. The molecule has 6 nitrogen and oxygen atoms in total. The Morgan fingerprint density at radius 1 is 1.35 bits per heavy atom. The summed E-state index contributed by atoms with van der Waals surface area (Å²) >= 11 is 0. The Morgan fingerprint density at radius 3 is 2.96 bits per heavy atom. The molecule has 1 aromatic rings. The number of halogens is 1. The SMILES string of the molecule is COCCOc1cnc(N2CCN3C(CO)CCC3C2)c(F)c1. The summed E-state index contributed by atoms with van der Waals surface area (Å²) in [5.41, 5.74) is 0. The van der Waals surface area contributed by atoms with Crippen LogP contribution in [0.2, 0.25) is 0 Å². The van der Waals surface area contributed by atoms with Gasteiger partial charge in [0.25, 0.3) is 0 Å². The van der Waals surface area contributed by atoms with Crippen LogP contribution in [0.15, 0.2) is 12.3 Å². The molecule has 2 fully saturated rings. The lowest BCUT2D eigenvalue weighted by atomic mass is 10.1. The fourth-order valence-corrected chi connectivity index (χ4v) is 3.51. The van der Waals surface area contributed by atoms with E-state index in [1.807, 2.05) is 4.90 Å². The zero-order valence-corrected chi connectivity index (χ0v) is 13.4. The maximum absolute atomic E-state index is 14.4. The number of nitrogens with zero attached hydrogens (tertiary/aromatic N) is 3. The van der Waals surface area contributed by atoms with Gasteiger partial charge in [0, 0.05) is 44.9 Å². The van der Waals surface area contributed by atoms with E-state index in [1.165, 1.54) is 6.07 Å². The topological polar surface area (TPSA) is 58.1 Å². The molecule has 0 aliphatic carbocycles. The second-order valence-corrected chi connectivity index (χ2v) is 6.07. The second-order valence-electron chi connectivity index (χ2n) is 6.07. The number of pyridine rings is 1. The van der Waals surface area contributed by atoms with Crippen molar-refractivity contribution in [2.75, 3.05) is 51.5 Å². The Hall–Kier alpha value is -1.44. The highest BCUT2D eigenvalue weighted by Gasteiger charge is 2.37. The van der Waals surface area contributed by atoms with Crippen LogP contribution >= 0.6 is 0 Å². The van der Waals surface area contributed by atoms with E-state index in [1.54, 1.807) is 13.3 Å². The average Bonchev–Trinajstić information content (AvgIpc) is 2.97. The molecule has 23 heavy (non-hydrogen) atoms. The van der Waals surface area contributed by atoms with Crippen molar-refractivity contribution >= 4 is 5.82 Å². The highest BCUT2D eigenvalue weighted by Crippen LogP contribution is 2.30. The standard InChI is InChI=1S/C16H24FN3O3/c1-22-6-7-23-14-8-15(17)16(18-9-14)19-4-5-20-12(10-19)2-3-13(20)11-21/h8-9,12-13,21H,2-7,10-11H2,1H3. The molecule has 2 unspecified atom stereocenters. The molecule has 1 N–H and O–H groups in total. The predicted molar refractivity (Wildman–Crippen MR) is 84.4 cm³/mol. The van der Waals surface area contributed by atoms with E-state index in [0.717, 1.165) is 32.5 Å². The molecule has 128 valence electrons. The van der Waals surface area contributed by atoms with E-state index < -0.39 is 0 Å². The van der Waals surface area contributed by atoms with E-state index in [4.69, 9.17) is 9.47 Å². The Kier molecular flexibility index (Phi) is 5.30. The predicted octanol–water partition coefficient (Wildman–Crippen LogP) is 0.891. The minimum atomic E-state index is -0.356. The zero-order valence-electron chi connectivity index (χ0n) is 13.4. The summed E-state index contributed by atoms with van der Waals surface area (Å²) in [4.78, 5) is 8.59. The number of piperazine rings is 1. The van der Waals surface area contributed by atoms with E-state index in [0.29, 0.717) is 30.8 Å². The number of hydrogen-bond acceptors (Lipinski definition) is 6. The van der Waals surface area contributed by atoms with Crippen molar-refractivity contribution in [3.8, 4) is 5.75 Å². The Labute approximate surface area is 135 Å². The molecule has 1 aromatic heterocycles. The Bertz CT molecular complexity index is 531. The smallest absolute Gasteiger partial charge is 0.169 e. The summed E-state index contributed by atoms with van der Waals surface area (Å²) in [6, 6.07) is 2.02. The summed E-state index contributed by atoms with van der Waals surface area (Å²) < 4.78 is 24.6. The molecule has 2 aliphatic heterocycles. The molecule has 0 bridgehead atoms. The fraction of sp³-hybridized carbons (Fsp3) is 0.688. The minimum absolute atomic E-state index is 0.205. The number of anilines is 1. The molecule has 3 rings (SSSR count). The molecule has 0 saturated carbocycles. The monoisotopic (exact) mass is 325 g/mol. The largest absolute Gasteiger partial charge is 0.489 e. The third kappa shape index (κ3) is 3.57. The zero-order chi connectivity index (χ0) is 16.2. The van der Waals surface area contributed by atoms with Gasteiger partial charge in [0.2, 0.25) is 0 Å². The van der Waals surface area contributed by atoms with Gasteiger partial charge in [0.15, 0.2) is 11.6 Å². The number of aromatic nitrogens is 1. The maximum atomic E-state index is 14.4. The average molecular weight is 325 g/mol. The highest BCUT2D eigenvalue weighted by molar-refractivity contribution is 5.43. The highest BCUT2D eigenvalue weighted by atomic mass is 19.1. The molecule has 0 spiro atoms. The van der Waals surface area contributed by atoms with Crippen LogP contribution in [-0.4, -0.2) is 73.6 Å².